The van der Waals surface area contributed by atoms with Gasteiger partial charge in [-0.15, -0.1) is 0 Å². The summed E-state index contributed by atoms with van der Waals surface area (Å²) < 4.78 is 1.49. The molecule has 0 bridgehead atoms. The largest absolute Gasteiger partial charge is 0.297 e. The van der Waals surface area contributed by atoms with E-state index in [0.29, 0.717) is 32.5 Å². The molecular weight excluding hydrogens is 266 g/mol. The molecule has 2 heterocycles. The number of hydrogen-bond donors (Lipinski definition) is 0. The molecule has 0 aromatic carbocycles. The maximum absolute atomic E-state index is 11.8. The van der Waals surface area contributed by atoms with Crippen LogP contribution in [-0.2, 0) is 19.5 Å². The summed E-state index contributed by atoms with van der Waals surface area (Å²) in [5.74, 6) is -0.129. The molecule has 2 rings (SSSR count). The minimum absolute atomic E-state index is 0.0700. The highest BCUT2D eigenvalue weighted by molar-refractivity contribution is 5.20. The SMILES string of the molecule is CCn1nc2c(cc1=O)CN(CC(C#N)CCC#N)CC2. The van der Waals surface area contributed by atoms with Gasteiger partial charge in [0.2, 0.25) is 0 Å². The molecule has 0 radical (unpaired) electrons. The monoisotopic (exact) mass is 285 g/mol. The topological polar surface area (TPSA) is 85.7 Å². The molecule has 1 atom stereocenters. The Morgan fingerprint density at radius 2 is 2.29 bits per heavy atom. The standard InChI is InChI=1S/C15H19N5O/c1-2-20-15(21)8-13-11-19(7-5-14(13)18-20)10-12(9-17)4-3-6-16/h8,12H,2-5,7,10-11H2,1H3. The highest BCUT2D eigenvalue weighted by atomic mass is 16.1. The summed E-state index contributed by atoms with van der Waals surface area (Å²) in [5.41, 5.74) is 1.88. The zero-order chi connectivity index (χ0) is 15.2. The summed E-state index contributed by atoms with van der Waals surface area (Å²) in [7, 11) is 0. The Kier molecular flexibility index (Phi) is 5.08. The summed E-state index contributed by atoms with van der Waals surface area (Å²) in [6, 6.07) is 6.01. The molecule has 0 saturated carbocycles. The molecule has 1 aliphatic heterocycles. The molecule has 0 N–H and O–H groups in total. The molecule has 21 heavy (non-hydrogen) atoms. The first kappa shape index (κ1) is 15.2. The van der Waals surface area contributed by atoms with E-state index in [1.807, 2.05) is 6.92 Å². The molecule has 0 aliphatic carbocycles. The van der Waals surface area contributed by atoms with Crippen molar-refractivity contribution in [1.82, 2.24) is 14.7 Å². The van der Waals surface area contributed by atoms with E-state index in [-0.39, 0.29) is 11.5 Å². The van der Waals surface area contributed by atoms with Crippen molar-refractivity contribution >= 4 is 0 Å². The number of rotatable bonds is 5. The van der Waals surface area contributed by atoms with Gasteiger partial charge in [0.05, 0.1) is 23.8 Å². The average molecular weight is 285 g/mol. The van der Waals surface area contributed by atoms with Gasteiger partial charge < -0.3 is 0 Å². The van der Waals surface area contributed by atoms with Crippen molar-refractivity contribution in [2.75, 3.05) is 13.1 Å². The van der Waals surface area contributed by atoms with E-state index in [4.69, 9.17) is 10.5 Å². The highest BCUT2D eigenvalue weighted by Crippen LogP contribution is 2.17. The number of nitrogens with zero attached hydrogens (tertiary/aromatic N) is 5. The van der Waals surface area contributed by atoms with Crippen LogP contribution in [0.15, 0.2) is 10.9 Å². The maximum Gasteiger partial charge on any atom is 0.267 e. The van der Waals surface area contributed by atoms with Crippen LogP contribution in [0.5, 0.6) is 0 Å². The molecule has 0 spiro atoms. The van der Waals surface area contributed by atoms with Crippen LogP contribution >= 0.6 is 0 Å². The van der Waals surface area contributed by atoms with Crippen LogP contribution in [0, 0.1) is 28.6 Å². The zero-order valence-electron chi connectivity index (χ0n) is 12.2. The Morgan fingerprint density at radius 1 is 1.48 bits per heavy atom. The van der Waals surface area contributed by atoms with Crippen molar-refractivity contribution in [1.29, 1.82) is 10.5 Å². The average Bonchev–Trinajstić information content (AvgIpc) is 2.50. The quantitative estimate of drug-likeness (QED) is 0.807. The first-order chi connectivity index (χ1) is 10.2. The molecule has 0 fully saturated rings. The number of nitriles is 2. The number of aromatic nitrogens is 2. The lowest BCUT2D eigenvalue weighted by molar-refractivity contribution is 0.224. The summed E-state index contributed by atoms with van der Waals surface area (Å²) >= 11 is 0. The van der Waals surface area contributed by atoms with Crippen molar-refractivity contribution in [2.24, 2.45) is 5.92 Å². The predicted octanol–water partition coefficient (Wildman–Crippen LogP) is 1.06. The lowest BCUT2D eigenvalue weighted by atomic mass is 10.0. The second-order valence-corrected chi connectivity index (χ2v) is 5.28. The second kappa shape index (κ2) is 7.01. The maximum atomic E-state index is 11.8. The molecule has 1 aliphatic rings. The van der Waals surface area contributed by atoms with Gasteiger partial charge >= 0.3 is 0 Å². The first-order valence-electron chi connectivity index (χ1n) is 7.26. The minimum atomic E-state index is -0.129. The van der Waals surface area contributed by atoms with Crippen molar-refractivity contribution < 1.29 is 0 Å². The van der Waals surface area contributed by atoms with E-state index < -0.39 is 0 Å². The summed E-state index contributed by atoms with van der Waals surface area (Å²) in [5, 5.41) is 22.1. The van der Waals surface area contributed by atoms with E-state index >= 15 is 0 Å². The summed E-state index contributed by atoms with van der Waals surface area (Å²) in [4.78, 5) is 14.0. The minimum Gasteiger partial charge on any atom is -0.297 e. The Bertz CT molecular complexity index is 637. The Morgan fingerprint density at radius 3 is 2.95 bits per heavy atom. The Labute approximate surface area is 124 Å². The zero-order valence-corrected chi connectivity index (χ0v) is 12.2. The van der Waals surface area contributed by atoms with Crippen molar-refractivity contribution in [3.63, 3.8) is 0 Å². The fraction of sp³-hybridized carbons (Fsp3) is 0.600. The third-order valence-corrected chi connectivity index (χ3v) is 3.79. The number of fused-ring (bicyclic) bond motifs is 1. The molecule has 110 valence electrons. The molecule has 6 heteroatoms. The van der Waals surface area contributed by atoms with Crippen LogP contribution in [-0.4, -0.2) is 27.8 Å². The van der Waals surface area contributed by atoms with Gasteiger partial charge in [0.15, 0.2) is 0 Å². The molecule has 0 saturated heterocycles. The van der Waals surface area contributed by atoms with Gasteiger partial charge in [-0.2, -0.15) is 15.6 Å². The van der Waals surface area contributed by atoms with Gasteiger partial charge in [-0.05, 0) is 18.9 Å². The van der Waals surface area contributed by atoms with Gasteiger partial charge in [0.1, 0.15) is 0 Å². The van der Waals surface area contributed by atoms with Gasteiger partial charge in [0, 0.05) is 45.1 Å². The number of hydrogen-bond acceptors (Lipinski definition) is 5. The molecule has 6 nitrogen and oxygen atoms in total. The third-order valence-electron chi connectivity index (χ3n) is 3.79. The molecule has 1 unspecified atom stereocenters. The molecule has 0 amide bonds. The fourth-order valence-electron chi connectivity index (χ4n) is 2.63. The van der Waals surface area contributed by atoms with Crippen LogP contribution in [0.1, 0.15) is 31.0 Å². The van der Waals surface area contributed by atoms with E-state index in [1.165, 1.54) is 4.68 Å². The van der Waals surface area contributed by atoms with Gasteiger partial charge in [-0.25, -0.2) is 4.68 Å². The van der Waals surface area contributed by atoms with Crippen LogP contribution in [0.2, 0.25) is 0 Å². The van der Waals surface area contributed by atoms with Crippen LogP contribution in [0.3, 0.4) is 0 Å². The Hall–Kier alpha value is -2.18. The molecule has 1 aromatic heterocycles. The first-order valence-corrected chi connectivity index (χ1v) is 7.26. The second-order valence-electron chi connectivity index (χ2n) is 5.28. The van der Waals surface area contributed by atoms with E-state index in [1.54, 1.807) is 6.07 Å². The lowest BCUT2D eigenvalue weighted by Crippen LogP contribution is -2.37. The van der Waals surface area contributed by atoms with Crippen molar-refractivity contribution in [3.8, 4) is 12.1 Å². The van der Waals surface area contributed by atoms with E-state index in [0.717, 1.165) is 24.2 Å². The van der Waals surface area contributed by atoms with E-state index in [2.05, 4.69) is 22.1 Å². The van der Waals surface area contributed by atoms with Crippen LogP contribution in [0.25, 0.3) is 0 Å². The van der Waals surface area contributed by atoms with Gasteiger partial charge in [-0.1, -0.05) is 0 Å². The lowest BCUT2D eigenvalue weighted by Gasteiger charge is -2.29. The summed E-state index contributed by atoms with van der Waals surface area (Å²) in [6.45, 7) is 4.64. The van der Waals surface area contributed by atoms with Crippen LogP contribution < -0.4 is 5.56 Å². The van der Waals surface area contributed by atoms with Crippen molar-refractivity contribution in [3.05, 3.63) is 27.7 Å². The number of aryl methyl sites for hydroxylation is 1. The molecular formula is C15H19N5O. The van der Waals surface area contributed by atoms with Crippen LogP contribution in [0.4, 0.5) is 0 Å². The Balaban J connectivity index is 2.06. The smallest absolute Gasteiger partial charge is 0.267 e. The highest BCUT2D eigenvalue weighted by Gasteiger charge is 2.21. The van der Waals surface area contributed by atoms with Gasteiger partial charge in [-0.3, -0.25) is 9.69 Å². The predicted molar refractivity (Wildman–Crippen MR) is 77.1 cm³/mol. The van der Waals surface area contributed by atoms with Crippen molar-refractivity contribution in [2.45, 2.75) is 39.3 Å². The van der Waals surface area contributed by atoms with Gasteiger partial charge in [0.25, 0.3) is 5.56 Å². The normalized spacial score (nSPS) is 15.8. The van der Waals surface area contributed by atoms with E-state index in [9.17, 15) is 4.79 Å². The fourth-order valence-corrected chi connectivity index (χ4v) is 2.63. The summed E-state index contributed by atoms with van der Waals surface area (Å²) in [6.07, 6.45) is 1.81. The molecule has 1 aromatic rings. The third kappa shape index (κ3) is 3.68.